The molecule has 0 amide bonds. The SMILES string of the molecule is CCC1CN(c2ccc(Br)cc2/C=C/C(=O)O)CCO1. The molecule has 0 spiro atoms. The Morgan fingerprint density at radius 3 is 3.10 bits per heavy atom. The molecule has 1 unspecified atom stereocenters. The number of carboxylic acids is 1. The molecule has 0 aliphatic carbocycles. The van der Waals surface area contributed by atoms with Crippen LogP contribution in [0.3, 0.4) is 0 Å². The fraction of sp³-hybridized carbons (Fsp3) is 0.400. The fourth-order valence-corrected chi connectivity index (χ4v) is 2.67. The van der Waals surface area contributed by atoms with E-state index in [4.69, 9.17) is 9.84 Å². The van der Waals surface area contributed by atoms with Gasteiger partial charge in [0.2, 0.25) is 0 Å². The number of aliphatic carboxylic acids is 1. The molecule has 1 N–H and O–H groups in total. The van der Waals surface area contributed by atoms with Crippen LogP contribution in [0, 0.1) is 0 Å². The summed E-state index contributed by atoms with van der Waals surface area (Å²) < 4.78 is 6.61. The molecule has 1 heterocycles. The standard InChI is InChI=1S/C15H18BrNO3/c1-2-13-10-17(7-8-20-13)14-5-4-12(16)9-11(14)3-6-15(18)19/h3-6,9,13H,2,7-8,10H2,1H3,(H,18,19)/b6-3+. The molecule has 1 atom stereocenters. The highest BCUT2D eigenvalue weighted by molar-refractivity contribution is 9.10. The minimum atomic E-state index is -0.940. The number of halogens is 1. The summed E-state index contributed by atoms with van der Waals surface area (Å²) in [6.07, 6.45) is 4.03. The number of carboxylic acid groups (broad SMARTS) is 1. The molecule has 20 heavy (non-hydrogen) atoms. The van der Waals surface area contributed by atoms with Crippen molar-refractivity contribution in [1.82, 2.24) is 0 Å². The largest absolute Gasteiger partial charge is 0.478 e. The molecular weight excluding hydrogens is 322 g/mol. The van der Waals surface area contributed by atoms with E-state index in [1.54, 1.807) is 6.08 Å². The van der Waals surface area contributed by atoms with Crippen molar-refractivity contribution < 1.29 is 14.6 Å². The summed E-state index contributed by atoms with van der Waals surface area (Å²) in [4.78, 5) is 13.0. The van der Waals surface area contributed by atoms with Gasteiger partial charge in [-0.15, -0.1) is 0 Å². The van der Waals surface area contributed by atoms with Gasteiger partial charge in [0.25, 0.3) is 0 Å². The van der Waals surface area contributed by atoms with Crippen molar-refractivity contribution >= 4 is 33.7 Å². The first kappa shape index (κ1) is 15.1. The zero-order valence-electron chi connectivity index (χ0n) is 11.4. The molecule has 0 saturated carbocycles. The van der Waals surface area contributed by atoms with E-state index in [2.05, 4.69) is 27.8 Å². The normalized spacial score (nSPS) is 19.5. The zero-order valence-corrected chi connectivity index (χ0v) is 13.0. The number of carbonyl (C=O) groups is 1. The molecule has 0 aromatic heterocycles. The van der Waals surface area contributed by atoms with E-state index in [1.807, 2.05) is 18.2 Å². The van der Waals surface area contributed by atoms with Gasteiger partial charge in [0.15, 0.2) is 0 Å². The Balaban J connectivity index is 2.28. The first-order chi connectivity index (χ1) is 9.60. The van der Waals surface area contributed by atoms with Crippen LogP contribution < -0.4 is 4.90 Å². The summed E-state index contributed by atoms with van der Waals surface area (Å²) >= 11 is 3.43. The minimum absolute atomic E-state index is 0.240. The van der Waals surface area contributed by atoms with Crippen molar-refractivity contribution in [2.24, 2.45) is 0 Å². The Labute approximate surface area is 127 Å². The maximum atomic E-state index is 10.7. The molecule has 5 heteroatoms. The van der Waals surface area contributed by atoms with E-state index in [0.717, 1.165) is 35.2 Å². The second kappa shape index (κ2) is 6.90. The minimum Gasteiger partial charge on any atom is -0.478 e. The van der Waals surface area contributed by atoms with Crippen LogP contribution in [0.2, 0.25) is 0 Å². The van der Waals surface area contributed by atoms with Gasteiger partial charge in [-0.3, -0.25) is 0 Å². The van der Waals surface area contributed by atoms with E-state index >= 15 is 0 Å². The first-order valence-corrected chi connectivity index (χ1v) is 7.46. The molecule has 2 rings (SSSR count). The number of morpholine rings is 1. The number of nitrogens with zero attached hydrogens (tertiary/aromatic N) is 1. The summed E-state index contributed by atoms with van der Waals surface area (Å²) in [6, 6.07) is 5.93. The van der Waals surface area contributed by atoms with Crippen LogP contribution in [0.25, 0.3) is 6.08 Å². The van der Waals surface area contributed by atoms with Crippen molar-refractivity contribution in [2.45, 2.75) is 19.4 Å². The molecule has 1 fully saturated rings. The molecule has 1 saturated heterocycles. The fourth-order valence-electron chi connectivity index (χ4n) is 2.29. The summed E-state index contributed by atoms with van der Waals surface area (Å²) in [7, 11) is 0. The van der Waals surface area contributed by atoms with Crippen LogP contribution in [-0.4, -0.2) is 36.9 Å². The first-order valence-electron chi connectivity index (χ1n) is 6.67. The topological polar surface area (TPSA) is 49.8 Å². The lowest BCUT2D eigenvalue weighted by atomic mass is 10.1. The second-order valence-corrected chi connectivity index (χ2v) is 5.64. The van der Waals surface area contributed by atoms with Gasteiger partial charge in [-0.25, -0.2) is 4.79 Å². The van der Waals surface area contributed by atoms with E-state index in [9.17, 15) is 4.79 Å². The van der Waals surface area contributed by atoms with E-state index < -0.39 is 5.97 Å². The molecule has 1 aliphatic heterocycles. The van der Waals surface area contributed by atoms with Gasteiger partial charge in [0.05, 0.1) is 12.7 Å². The van der Waals surface area contributed by atoms with Gasteiger partial charge < -0.3 is 14.7 Å². The Bertz CT molecular complexity index is 516. The average molecular weight is 340 g/mol. The third-order valence-electron chi connectivity index (χ3n) is 3.33. The van der Waals surface area contributed by atoms with Crippen LogP contribution in [0.4, 0.5) is 5.69 Å². The third-order valence-corrected chi connectivity index (χ3v) is 3.82. The number of rotatable bonds is 4. The Morgan fingerprint density at radius 1 is 1.60 bits per heavy atom. The quantitative estimate of drug-likeness (QED) is 0.856. The predicted octanol–water partition coefficient (Wildman–Crippen LogP) is 3.16. The third kappa shape index (κ3) is 3.84. The number of hydrogen-bond donors (Lipinski definition) is 1. The number of ether oxygens (including phenoxy) is 1. The van der Waals surface area contributed by atoms with Crippen LogP contribution in [-0.2, 0) is 9.53 Å². The van der Waals surface area contributed by atoms with Gasteiger partial charge in [0.1, 0.15) is 0 Å². The Morgan fingerprint density at radius 2 is 2.40 bits per heavy atom. The lowest BCUT2D eigenvalue weighted by molar-refractivity contribution is -0.131. The molecule has 1 aromatic carbocycles. The highest BCUT2D eigenvalue weighted by atomic mass is 79.9. The van der Waals surface area contributed by atoms with Gasteiger partial charge in [-0.2, -0.15) is 0 Å². The maximum absolute atomic E-state index is 10.7. The molecule has 0 bridgehead atoms. The maximum Gasteiger partial charge on any atom is 0.328 e. The van der Waals surface area contributed by atoms with Gasteiger partial charge in [-0.1, -0.05) is 22.9 Å². The van der Waals surface area contributed by atoms with Crippen LogP contribution in [0.1, 0.15) is 18.9 Å². The second-order valence-electron chi connectivity index (χ2n) is 4.72. The summed E-state index contributed by atoms with van der Waals surface area (Å²) in [6.45, 7) is 4.48. The van der Waals surface area contributed by atoms with Crippen molar-refractivity contribution in [3.8, 4) is 0 Å². The van der Waals surface area contributed by atoms with E-state index in [0.29, 0.717) is 6.61 Å². The number of anilines is 1. The zero-order chi connectivity index (χ0) is 14.5. The van der Waals surface area contributed by atoms with Crippen LogP contribution in [0.5, 0.6) is 0 Å². The molecule has 0 radical (unpaired) electrons. The summed E-state index contributed by atoms with van der Waals surface area (Å²) in [5.41, 5.74) is 1.95. The van der Waals surface area contributed by atoms with E-state index in [1.165, 1.54) is 6.08 Å². The predicted molar refractivity (Wildman–Crippen MR) is 83.1 cm³/mol. The molecule has 1 aliphatic rings. The van der Waals surface area contributed by atoms with Crippen molar-refractivity contribution in [3.63, 3.8) is 0 Å². The molecule has 108 valence electrons. The van der Waals surface area contributed by atoms with E-state index in [-0.39, 0.29) is 6.10 Å². The summed E-state index contributed by atoms with van der Waals surface area (Å²) in [5, 5.41) is 8.79. The van der Waals surface area contributed by atoms with Gasteiger partial charge in [0, 0.05) is 29.3 Å². The number of benzene rings is 1. The Hall–Kier alpha value is -1.33. The Kier molecular flexibility index (Phi) is 5.20. The molecule has 4 nitrogen and oxygen atoms in total. The molecule has 1 aromatic rings. The lowest BCUT2D eigenvalue weighted by Gasteiger charge is -2.35. The molecular formula is C15H18BrNO3. The number of hydrogen-bond acceptors (Lipinski definition) is 3. The summed E-state index contributed by atoms with van der Waals surface area (Å²) in [5.74, 6) is -0.940. The average Bonchev–Trinajstić information content (AvgIpc) is 2.45. The van der Waals surface area contributed by atoms with Crippen molar-refractivity contribution in [3.05, 3.63) is 34.3 Å². The van der Waals surface area contributed by atoms with Gasteiger partial charge in [-0.05, 0) is 36.3 Å². The van der Waals surface area contributed by atoms with Crippen molar-refractivity contribution in [1.29, 1.82) is 0 Å². The highest BCUT2D eigenvalue weighted by Crippen LogP contribution is 2.27. The monoisotopic (exact) mass is 339 g/mol. The lowest BCUT2D eigenvalue weighted by Crippen LogP contribution is -2.42. The highest BCUT2D eigenvalue weighted by Gasteiger charge is 2.20. The van der Waals surface area contributed by atoms with Gasteiger partial charge >= 0.3 is 5.97 Å². The van der Waals surface area contributed by atoms with Crippen LogP contribution >= 0.6 is 15.9 Å². The smallest absolute Gasteiger partial charge is 0.328 e. The van der Waals surface area contributed by atoms with Crippen LogP contribution in [0.15, 0.2) is 28.7 Å². The van der Waals surface area contributed by atoms with Crippen molar-refractivity contribution in [2.75, 3.05) is 24.6 Å².